The van der Waals surface area contributed by atoms with E-state index < -0.39 is 25.7 Å². The van der Waals surface area contributed by atoms with E-state index in [1.165, 1.54) is 0 Å². The van der Waals surface area contributed by atoms with Crippen LogP contribution in [0.2, 0.25) is 0 Å². The van der Waals surface area contributed by atoms with Gasteiger partial charge in [-0.05, 0) is 28.1 Å². The van der Waals surface area contributed by atoms with Gasteiger partial charge in [-0.15, -0.1) is 0 Å². The fourth-order valence-corrected chi connectivity index (χ4v) is 3.96. The summed E-state index contributed by atoms with van der Waals surface area (Å²) < 4.78 is 46.5. The molecule has 0 bridgehead atoms. The van der Waals surface area contributed by atoms with Crippen molar-refractivity contribution in [3.05, 3.63) is 28.0 Å². The van der Waals surface area contributed by atoms with Gasteiger partial charge in [-0.25, -0.2) is 17.6 Å². The van der Waals surface area contributed by atoms with Gasteiger partial charge < -0.3 is 9.47 Å². The molecule has 21 heavy (non-hydrogen) atoms. The third-order valence-corrected chi connectivity index (χ3v) is 5.35. The first-order chi connectivity index (χ1) is 9.79. The van der Waals surface area contributed by atoms with E-state index in [2.05, 4.69) is 15.9 Å². The molecular weight excluding hydrogens is 391 g/mol. The average Bonchev–Trinajstić information content (AvgIpc) is 2.41. The maximum Gasteiger partial charge on any atom is 0.338 e. The van der Waals surface area contributed by atoms with Crippen LogP contribution in [-0.4, -0.2) is 33.7 Å². The summed E-state index contributed by atoms with van der Waals surface area (Å²) in [6.45, 7) is 0.960. The Bertz CT molecular complexity index is 658. The van der Waals surface area contributed by atoms with Crippen molar-refractivity contribution in [2.75, 3.05) is 13.2 Å². The molecule has 0 aliphatic carbocycles. The van der Waals surface area contributed by atoms with Crippen molar-refractivity contribution in [1.29, 1.82) is 0 Å². The standard InChI is InChI=1S/C12H11BrClFO5S/c13-11-9(15)5-7(6-10(11)21(14,17)18)12(16)20-8-1-3-19-4-2-8/h5-6,8H,1-4H2. The fourth-order valence-electron chi connectivity index (χ4n) is 1.87. The zero-order valence-corrected chi connectivity index (χ0v) is 13.8. The lowest BCUT2D eigenvalue weighted by Crippen LogP contribution is -2.26. The Kier molecular flexibility index (Phi) is 5.24. The molecule has 1 saturated heterocycles. The minimum absolute atomic E-state index is 0.207. The molecule has 0 amide bonds. The van der Waals surface area contributed by atoms with Crippen molar-refractivity contribution >= 4 is 41.6 Å². The zero-order valence-electron chi connectivity index (χ0n) is 10.6. The Morgan fingerprint density at radius 1 is 1.38 bits per heavy atom. The molecule has 0 N–H and O–H groups in total. The van der Waals surface area contributed by atoms with Crippen molar-refractivity contribution < 1.29 is 27.1 Å². The predicted molar refractivity (Wildman–Crippen MR) is 76.4 cm³/mol. The second kappa shape index (κ2) is 6.60. The van der Waals surface area contributed by atoms with E-state index in [0.717, 1.165) is 12.1 Å². The summed E-state index contributed by atoms with van der Waals surface area (Å²) in [7, 11) is 1.02. The van der Waals surface area contributed by atoms with Gasteiger partial charge in [0.1, 0.15) is 16.8 Å². The number of halogens is 3. The van der Waals surface area contributed by atoms with Gasteiger partial charge in [-0.3, -0.25) is 0 Å². The van der Waals surface area contributed by atoms with Crippen LogP contribution in [0.15, 0.2) is 21.5 Å². The Labute approximate surface area is 133 Å². The van der Waals surface area contributed by atoms with Crippen LogP contribution in [0.5, 0.6) is 0 Å². The van der Waals surface area contributed by atoms with E-state index in [4.69, 9.17) is 20.2 Å². The highest BCUT2D eigenvalue weighted by atomic mass is 79.9. The van der Waals surface area contributed by atoms with E-state index >= 15 is 0 Å². The van der Waals surface area contributed by atoms with E-state index in [0.29, 0.717) is 26.1 Å². The monoisotopic (exact) mass is 400 g/mol. The van der Waals surface area contributed by atoms with Gasteiger partial charge in [-0.2, -0.15) is 0 Å². The molecule has 0 saturated carbocycles. The minimum Gasteiger partial charge on any atom is -0.459 e. The van der Waals surface area contributed by atoms with Gasteiger partial charge in [0.2, 0.25) is 0 Å². The lowest BCUT2D eigenvalue weighted by Gasteiger charge is -2.22. The van der Waals surface area contributed by atoms with Crippen LogP contribution in [-0.2, 0) is 18.5 Å². The summed E-state index contributed by atoms with van der Waals surface area (Å²) in [5.74, 6) is -1.70. The quantitative estimate of drug-likeness (QED) is 0.575. The second-order valence-corrected chi connectivity index (χ2v) is 7.75. The third-order valence-electron chi connectivity index (χ3n) is 2.94. The first-order valence-electron chi connectivity index (χ1n) is 6.01. The molecule has 1 aliphatic rings. The van der Waals surface area contributed by atoms with Gasteiger partial charge in [0.15, 0.2) is 0 Å². The summed E-state index contributed by atoms with van der Waals surface area (Å²) in [5, 5.41) is 0. The molecule has 0 atom stereocenters. The van der Waals surface area contributed by atoms with Gasteiger partial charge >= 0.3 is 5.97 Å². The normalized spacial score (nSPS) is 16.7. The largest absolute Gasteiger partial charge is 0.459 e. The molecule has 0 radical (unpaired) electrons. The maximum absolute atomic E-state index is 13.7. The number of hydrogen-bond acceptors (Lipinski definition) is 5. The maximum atomic E-state index is 13.7. The highest BCUT2D eigenvalue weighted by Gasteiger charge is 2.24. The Morgan fingerprint density at radius 2 is 2.00 bits per heavy atom. The van der Waals surface area contributed by atoms with Gasteiger partial charge in [0.25, 0.3) is 9.05 Å². The summed E-state index contributed by atoms with van der Waals surface area (Å²) in [6.07, 6.45) is 0.769. The smallest absolute Gasteiger partial charge is 0.338 e. The first kappa shape index (κ1) is 16.7. The van der Waals surface area contributed by atoms with Crippen LogP contribution < -0.4 is 0 Å². The Balaban J connectivity index is 2.27. The van der Waals surface area contributed by atoms with Crippen LogP contribution in [0, 0.1) is 5.82 Å². The Morgan fingerprint density at radius 3 is 2.57 bits per heavy atom. The molecule has 9 heteroatoms. The topological polar surface area (TPSA) is 69.7 Å². The van der Waals surface area contributed by atoms with Crippen molar-refractivity contribution in [2.24, 2.45) is 0 Å². The van der Waals surface area contributed by atoms with E-state index in [-0.39, 0.29) is 16.1 Å². The molecule has 1 aromatic carbocycles. The Hall–Kier alpha value is -0.700. The van der Waals surface area contributed by atoms with Crippen LogP contribution in [0.3, 0.4) is 0 Å². The molecule has 0 spiro atoms. The summed E-state index contributed by atoms with van der Waals surface area (Å²) >= 11 is 2.79. The SMILES string of the molecule is O=C(OC1CCOCC1)c1cc(F)c(Br)c(S(=O)(=O)Cl)c1. The van der Waals surface area contributed by atoms with Crippen molar-refractivity contribution in [3.8, 4) is 0 Å². The molecular formula is C12H11BrClFO5S. The van der Waals surface area contributed by atoms with E-state index in [9.17, 15) is 17.6 Å². The number of ether oxygens (including phenoxy) is 2. The number of benzene rings is 1. The van der Waals surface area contributed by atoms with Crippen LogP contribution >= 0.6 is 26.6 Å². The first-order valence-corrected chi connectivity index (χ1v) is 9.11. The average molecular weight is 402 g/mol. The number of carbonyl (C=O) groups is 1. The molecule has 1 fully saturated rings. The molecule has 2 rings (SSSR count). The van der Waals surface area contributed by atoms with Gasteiger partial charge in [0, 0.05) is 23.5 Å². The van der Waals surface area contributed by atoms with E-state index in [1.807, 2.05) is 0 Å². The molecule has 5 nitrogen and oxygen atoms in total. The summed E-state index contributed by atoms with van der Waals surface area (Å²) in [4.78, 5) is 11.5. The number of carbonyl (C=O) groups excluding carboxylic acids is 1. The second-order valence-electron chi connectivity index (χ2n) is 4.43. The minimum atomic E-state index is -4.19. The van der Waals surface area contributed by atoms with Crippen molar-refractivity contribution in [2.45, 2.75) is 23.8 Å². The van der Waals surface area contributed by atoms with Gasteiger partial charge in [-0.1, -0.05) is 0 Å². The molecule has 1 aliphatic heterocycles. The highest BCUT2D eigenvalue weighted by Crippen LogP contribution is 2.29. The zero-order chi connectivity index (χ0) is 15.6. The predicted octanol–water partition coefficient (Wildman–Crippen LogP) is 2.85. The molecule has 0 unspecified atom stereocenters. The summed E-state index contributed by atoms with van der Waals surface area (Å²) in [6, 6.07) is 1.88. The molecule has 0 aromatic heterocycles. The summed E-state index contributed by atoms with van der Waals surface area (Å²) in [5.41, 5.74) is -0.207. The molecule has 1 aromatic rings. The van der Waals surface area contributed by atoms with Crippen LogP contribution in [0.25, 0.3) is 0 Å². The number of esters is 1. The molecule has 1 heterocycles. The molecule has 116 valence electrons. The van der Waals surface area contributed by atoms with Crippen LogP contribution in [0.1, 0.15) is 23.2 Å². The van der Waals surface area contributed by atoms with Gasteiger partial charge in [0.05, 0.1) is 23.2 Å². The number of rotatable bonds is 3. The van der Waals surface area contributed by atoms with E-state index in [1.54, 1.807) is 0 Å². The fraction of sp³-hybridized carbons (Fsp3) is 0.417. The van der Waals surface area contributed by atoms with Crippen molar-refractivity contribution in [1.82, 2.24) is 0 Å². The van der Waals surface area contributed by atoms with Crippen LogP contribution in [0.4, 0.5) is 4.39 Å². The third kappa shape index (κ3) is 4.15. The lowest BCUT2D eigenvalue weighted by atomic mass is 10.1. The number of hydrogen-bond donors (Lipinski definition) is 0. The van der Waals surface area contributed by atoms with Crippen molar-refractivity contribution in [3.63, 3.8) is 0 Å². The lowest BCUT2D eigenvalue weighted by molar-refractivity contribution is -0.0159. The highest BCUT2D eigenvalue weighted by molar-refractivity contribution is 9.10.